The summed E-state index contributed by atoms with van der Waals surface area (Å²) in [6.45, 7) is 5.01. The minimum atomic E-state index is -1.02. The van der Waals surface area contributed by atoms with Crippen molar-refractivity contribution in [3.05, 3.63) is 23.7 Å². The molecule has 4 nitrogen and oxygen atoms in total. The zero-order chi connectivity index (χ0) is 11.1. The van der Waals surface area contributed by atoms with E-state index in [4.69, 9.17) is 9.52 Å². The zero-order valence-corrected chi connectivity index (χ0v) is 8.91. The van der Waals surface area contributed by atoms with Crippen LogP contribution >= 0.6 is 0 Å². The van der Waals surface area contributed by atoms with Crippen molar-refractivity contribution in [2.75, 3.05) is 0 Å². The van der Waals surface area contributed by atoms with Crippen molar-refractivity contribution in [2.24, 2.45) is 5.41 Å². The third kappa shape index (κ3) is 2.21. The molecular weight excluding hydrogens is 194 g/mol. The summed E-state index contributed by atoms with van der Waals surface area (Å²) in [6, 6.07) is 3.71. The topological polar surface area (TPSA) is 62.5 Å². The van der Waals surface area contributed by atoms with Crippen molar-refractivity contribution in [1.82, 2.24) is 5.32 Å². The Morgan fingerprint density at radius 2 is 2.33 bits per heavy atom. The molecule has 0 spiro atoms. The Bertz CT molecular complexity index is 381. The quantitative estimate of drug-likeness (QED) is 0.794. The van der Waals surface area contributed by atoms with Crippen LogP contribution in [0.25, 0.3) is 0 Å². The van der Waals surface area contributed by atoms with Crippen molar-refractivity contribution in [1.29, 1.82) is 0 Å². The van der Waals surface area contributed by atoms with Gasteiger partial charge in [-0.2, -0.15) is 0 Å². The summed E-state index contributed by atoms with van der Waals surface area (Å²) in [5.41, 5.74) is 0.377. The van der Waals surface area contributed by atoms with Crippen LogP contribution in [-0.4, -0.2) is 17.1 Å². The molecule has 82 valence electrons. The summed E-state index contributed by atoms with van der Waals surface area (Å²) in [6.07, 6.45) is 1.17. The van der Waals surface area contributed by atoms with Gasteiger partial charge in [0.15, 0.2) is 0 Å². The van der Waals surface area contributed by atoms with E-state index in [1.165, 1.54) is 12.5 Å². The van der Waals surface area contributed by atoms with Gasteiger partial charge in [-0.1, -0.05) is 13.8 Å². The van der Waals surface area contributed by atoms with Crippen LogP contribution in [0.5, 0.6) is 0 Å². The largest absolute Gasteiger partial charge is 0.475 e. The van der Waals surface area contributed by atoms with Crippen LogP contribution in [0, 0.1) is 5.41 Å². The van der Waals surface area contributed by atoms with Gasteiger partial charge in [-0.3, -0.25) is 0 Å². The first-order chi connectivity index (χ1) is 6.99. The highest BCUT2D eigenvalue weighted by Gasteiger charge is 2.45. The Morgan fingerprint density at radius 3 is 2.80 bits per heavy atom. The van der Waals surface area contributed by atoms with Crippen LogP contribution in [0.2, 0.25) is 0 Å². The molecule has 0 bridgehead atoms. The standard InChI is InChI=1S/C11H15NO3/c1-11(2)5-9(11)12-6-7-3-4-8(15-7)10(13)14/h3-4,9,12H,5-6H2,1-2H3,(H,13,14). The first kappa shape index (κ1) is 10.2. The third-order valence-corrected chi connectivity index (χ3v) is 2.91. The van der Waals surface area contributed by atoms with E-state index in [0.29, 0.717) is 23.8 Å². The average molecular weight is 209 g/mol. The Balaban J connectivity index is 1.86. The zero-order valence-electron chi connectivity index (χ0n) is 8.91. The van der Waals surface area contributed by atoms with Gasteiger partial charge in [-0.05, 0) is 24.0 Å². The van der Waals surface area contributed by atoms with Crippen molar-refractivity contribution in [3.8, 4) is 0 Å². The number of carbonyl (C=O) groups is 1. The smallest absolute Gasteiger partial charge is 0.371 e. The number of hydrogen-bond donors (Lipinski definition) is 2. The second-order valence-corrected chi connectivity index (χ2v) is 4.70. The first-order valence-electron chi connectivity index (χ1n) is 5.04. The third-order valence-electron chi connectivity index (χ3n) is 2.91. The summed E-state index contributed by atoms with van der Waals surface area (Å²) in [4.78, 5) is 10.6. The van der Waals surface area contributed by atoms with E-state index in [1.54, 1.807) is 6.07 Å². The molecule has 1 saturated carbocycles. The normalized spacial score (nSPS) is 22.7. The van der Waals surface area contributed by atoms with Gasteiger partial charge in [0.05, 0.1) is 6.54 Å². The maximum atomic E-state index is 10.6. The van der Waals surface area contributed by atoms with E-state index < -0.39 is 5.97 Å². The molecule has 2 rings (SSSR count). The molecule has 0 aromatic carbocycles. The van der Waals surface area contributed by atoms with Crippen LogP contribution in [0.1, 0.15) is 36.6 Å². The van der Waals surface area contributed by atoms with Gasteiger partial charge < -0.3 is 14.8 Å². The summed E-state index contributed by atoms with van der Waals surface area (Å²) in [5.74, 6) is -0.343. The van der Waals surface area contributed by atoms with Gasteiger partial charge in [0.1, 0.15) is 5.76 Å². The maximum Gasteiger partial charge on any atom is 0.371 e. The Labute approximate surface area is 88.3 Å². The number of carboxylic acid groups (broad SMARTS) is 1. The summed E-state index contributed by atoms with van der Waals surface area (Å²) < 4.78 is 5.13. The summed E-state index contributed by atoms with van der Waals surface area (Å²) >= 11 is 0. The van der Waals surface area contributed by atoms with Crippen LogP contribution in [0.15, 0.2) is 16.5 Å². The van der Waals surface area contributed by atoms with E-state index in [2.05, 4.69) is 19.2 Å². The molecule has 0 amide bonds. The minimum absolute atomic E-state index is 0.00172. The van der Waals surface area contributed by atoms with E-state index in [0.717, 1.165) is 0 Å². The molecule has 1 aromatic rings. The molecule has 1 aliphatic carbocycles. The number of furan rings is 1. The van der Waals surface area contributed by atoms with E-state index in [-0.39, 0.29) is 5.76 Å². The molecule has 1 heterocycles. The highest BCUT2D eigenvalue weighted by molar-refractivity contribution is 5.84. The van der Waals surface area contributed by atoms with Gasteiger partial charge >= 0.3 is 5.97 Å². The SMILES string of the molecule is CC1(C)CC1NCc1ccc(C(=O)O)o1. The lowest BCUT2D eigenvalue weighted by atomic mass is 10.2. The second-order valence-electron chi connectivity index (χ2n) is 4.70. The Kier molecular flexibility index (Phi) is 2.31. The Hall–Kier alpha value is -1.29. The van der Waals surface area contributed by atoms with Crippen LogP contribution in [0.3, 0.4) is 0 Å². The van der Waals surface area contributed by atoms with Crippen molar-refractivity contribution in [3.63, 3.8) is 0 Å². The molecular formula is C11H15NO3. The molecule has 2 N–H and O–H groups in total. The number of nitrogens with one attached hydrogen (secondary N) is 1. The van der Waals surface area contributed by atoms with E-state index in [1.807, 2.05) is 0 Å². The fraction of sp³-hybridized carbons (Fsp3) is 0.545. The molecule has 15 heavy (non-hydrogen) atoms. The van der Waals surface area contributed by atoms with E-state index in [9.17, 15) is 4.79 Å². The lowest BCUT2D eigenvalue weighted by Gasteiger charge is -2.03. The Morgan fingerprint density at radius 1 is 1.67 bits per heavy atom. The summed E-state index contributed by atoms with van der Waals surface area (Å²) in [7, 11) is 0. The highest BCUT2D eigenvalue weighted by Crippen LogP contribution is 2.44. The van der Waals surface area contributed by atoms with Crippen LogP contribution < -0.4 is 5.32 Å². The van der Waals surface area contributed by atoms with Gasteiger partial charge in [-0.25, -0.2) is 4.79 Å². The van der Waals surface area contributed by atoms with Gasteiger partial charge in [0.2, 0.25) is 5.76 Å². The van der Waals surface area contributed by atoms with Crippen LogP contribution in [0.4, 0.5) is 0 Å². The molecule has 0 saturated heterocycles. The summed E-state index contributed by atoms with van der Waals surface area (Å²) in [5, 5.41) is 12.0. The minimum Gasteiger partial charge on any atom is -0.475 e. The fourth-order valence-electron chi connectivity index (χ4n) is 1.63. The van der Waals surface area contributed by atoms with Crippen molar-refractivity contribution < 1.29 is 14.3 Å². The fourth-order valence-corrected chi connectivity index (χ4v) is 1.63. The second kappa shape index (κ2) is 3.38. The number of carboxylic acids is 1. The predicted molar refractivity (Wildman–Crippen MR) is 54.7 cm³/mol. The number of aromatic carboxylic acids is 1. The molecule has 1 aliphatic rings. The average Bonchev–Trinajstić information content (AvgIpc) is 2.63. The molecule has 4 heteroatoms. The highest BCUT2D eigenvalue weighted by atomic mass is 16.4. The van der Waals surface area contributed by atoms with Crippen molar-refractivity contribution in [2.45, 2.75) is 32.9 Å². The monoisotopic (exact) mass is 209 g/mol. The lowest BCUT2D eigenvalue weighted by Crippen LogP contribution is -2.19. The molecule has 1 atom stereocenters. The number of rotatable bonds is 4. The maximum absolute atomic E-state index is 10.6. The van der Waals surface area contributed by atoms with E-state index >= 15 is 0 Å². The molecule has 0 radical (unpaired) electrons. The lowest BCUT2D eigenvalue weighted by molar-refractivity contribution is 0.0660. The predicted octanol–water partition coefficient (Wildman–Crippen LogP) is 1.87. The number of hydrogen-bond acceptors (Lipinski definition) is 3. The van der Waals surface area contributed by atoms with Gasteiger partial charge in [0, 0.05) is 6.04 Å². The van der Waals surface area contributed by atoms with Gasteiger partial charge in [-0.15, -0.1) is 0 Å². The molecule has 1 unspecified atom stereocenters. The molecule has 1 fully saturated rings. The molecule has 1 aromatic heterocycles. The van der Waals surface area contributed by atoms with Crippen LogP contribution in [-0.2, 0) is 6.54 Å². The van der Waals surface area contributed by atoms with Gasteiger partial charge in [0.25, 0.3) is 0 Å². The molecule has 0 aliphatic heterocycles. The van der Waals surface area contributed by atoms with Crippen molar-refractivity contribution >= 4 is 5.97 Å². The first-order valence-corrected chi connectivity index (χ1v) is 5.04.